The van der Waals surface area contributed by atoms with Gasteiger partial charge in [-0.3, -0.25) is 0 Å². The molecule has 74 valence electrons. The van der Waals surface area contributed by atoms with Crippen molar-refractivity contribution in [3.05, 3.63) is 23.1 Å². The van der Waals surface area contributed by atoms with E-state index in [1.54, 1.807) is 23.1 Å². The molecule has 2 N–H and O–H groups in total. The molecule has 1 heterocycles. The quantitative estimate of drug-likeness (QED) is 0.619. The van der Waals surface area contributed by atoms with Crippen molar-refractivity contribution in [2.24, 2.45) is 0 Å². The molecule has 0 spiro atoms. The molecule has 2 rings (SSSR count). The molecule has 1 nitrogen and oxygen atoms in total. The predicted molar refractivity (Wildman–Crippen MR) is 67.4 cm³/mol. The number of fused-ring (bicyclic) bond motifs is 1. The first-order valence-electron chi connectivity index (χ1n) is 4.59. The molecule has 0 amide bonds. The summed E-state index contributed by atoms with van der Waals surface area (Å²) in [7, 11) is 0. The lowest BCUT2D eigenvalue weighted by atomic mass is 10.1. The van der Waals surface area contributed by atoms with Crippen LogP contribution in [-0.4, -0.2) is 6.26 Å². The lowest BCUT2D eigenvalue weighted by Crippen LogP contribution is -1.91. The van der Waals surface area contributed by atoms with Gasteiger partial charge in [0.1, 0.15) is 0 Å². The minimum absolute atomic E-state index is 0.925. The Morgan fingerprint density at radius 1 is 1.43 bits per heavy atom. The van der Waals surface area contributed by atoms with Crippen LogP contribution in [0.4, 0.5) is 5.69 Å². The number of hydrogen-bond donors (Lipinski definition) is 1. The molecule has 2 aromatic rings. The van der Waals surface area contributed by atoms with Crippen molar-refractivity contribution >= 4 is 38.9 Å². The number of anilines is 1. The summed E-state index contributed by atoms with van der Waals surface area (Å²) >= 11 is 3.57. The van der Waals surface area contributed by atoms with E-state index >= 15 is 0 Å². The van der Waals surface area contributed by atoms with E-state index in [-0.39, 0.29) is 0 Å². The Balaban J connectivity index is 2.70. The van der Waals surface area contributed by atoms with Crippen molar-refractivity contribution in [2.45, 2.75) is 18.2 Å². The Morgan fingerprint density at radius 2 is 2.21 bits per heavy atom. The van der Waals surface area contributed by atoms with Gasteiger partial charge in [0.05, 0.1) is 0 Å². The van der Waals surface area contributed by atoms with Crippen LogP contribution in [0.25, 0.3) is 10.1 Å². The van der Waals surface area contributed by atoms with Crippen molar-refractivity contribution < 1.29 is 0 Å². The van der Waals surface area contributed by atoms with Gasteiger partial charge in [-0.25, -0.2) is 0 Å². The van der Waals surface area contributed by atoms with Gasteiger partial charge in [0.15, 0.2) is 0 Å². The van der Waals surface area contributed by atoms with Crippen LogP contribution in [0.5, 0.6) is 0 Å². The van der Waals surface area contributed by atoms with Crippen molar-refractivity contribution in [3.63, 3.8) is 0 Å². The second-order valence-corrected chi connectivity index (χ2v) is 4.96. The van der Waals surface area contributed by atoms with Crippen molar-refractivity contribution in [1.82, 2.24) is 0 Å². The Kier molecular flexibility index (Phi) is 2.70. The van der Waals surface area contributed by atoms with E-state index in [1.807, 2.05) is 0 Å². The Hall–Kier alpha value is -0.670. The fraction of sp³-hybridized carbons (Fsp3) is 0.273. The smallest absolute Gasteiger partial charge is 0.0375 e. The van der Waals surface area contributed by atoms with Gasteiger partial charge in [-0.2, -0.15) is 0 Å². The molecule has 0 saturated carbocycles. The molecule has 0 saturated heterocycles. The third-order valence-electron chi connectivity index (χ3n) is 2.40. The summed E-state index contributed by atoms with van der Waals surface area (Å²) in [5.41, 5.74) is 8.13. The molecule has 0 aliphatic heterocycles. The zero-order valence-corrected chi connectivity index (χ0v) is 9.97. The molecule has 0 atom stereocenters. The SMILES string of the molecule is CCc1cc2c(SC)csc2cc1N. The summed E-state index contributed by atoms with van der Waals surface area (Å²) < 4.78 is 1.30. The van der Waals surface area contributed by atoms with E-state index in [4.69, 9.17) is 5.73 Å². The Labute approximate surface area is 92.3 Å². The van der Waals surface area contributed by atoms with Crippen LogP contribution in [0, 0.1) is 0 Å². The highest BCUT2D eigenvalue weighted by Crippen LogP contribution is 2.34. The standard InChI is InChI=1S/C11H13NS2/c1-3-7-4-8-10(5-9(7)12)14-6-11(8)13-2/h4-6H,3,12H2,1-2H3. The normalized spacial score (nSPS) is 11.0. The van der Waals surface area contributed by atoms with Crippen LogP contribution in [0.15, 0.2) is 22.4 Å². The molecule has 0 radical (unpaired) electrons. The number of thioether (sulfide) groups is 1. The lowest BCUT2D eigenvalue weighted by molar-refractivity contribution is 1.15. The minimum Gasteiger partial charge on any atom is -0.398 e. The summed E-state index contributed by atoms with van der Waals surface area (Å²) in [6, 6.07) is 4.32. The highest BCUT2D eigenvalue weighted by molar-refractivity contribution is 7.99. The van der Waals surface area contributed by atoms with E-state index in [0.717, 1.165) is 12.1 Å². The maximum Gasteiger partial charge on any atom is 0.0375 e. The molecule has 0 aliphatic carbocycles. The first kappa shape index (κ1) is 9.87. The molecule has 0 bridgehead atoms. The molecule has 0 unspecified atom stereocenters. The third kappa shape index (κ3) is 1.51. The highest BCUT2D eigenvalue weighted by atomic mass is 32.2. The van der Waals surface area contributed by atoms with Gasteiger partial charge in [-0.05, 0) is 30.4 Å². The number of aryl methyl sites for hydroxylation is 1. The number of nitrogen functional groups attached to an aromatic ring is 1. The predicted octanol–water partition coefficient (Wildman–Crippen LogP) is 3.77. The second-order valence-electron chi connectivity index (χ2n) is 3.20. The van der Waals surface area contributed by atoms with Gasteiger partial charge in [0, 0.05) is 26.0 Å². The second kappa shape index (κ2) is 3.83. The highest BCUT2D eigenvalue weighted by Gasteiger charge is 2.06. The molecular formula is C11H13NS2. The summed E-state index contributed by atoms with van der Waals surface area (Å²) in [5, 5.41) is 3.56. The average molecular weight is 223 g/mol. The van der Waals surface area contributed by atoms with Crippen LogP contribution in [0.2, 0.25) is 0 Å². The number of rotatable bonds is 2. The number of benzene rings is 1. The molecule has 0 aliphatic rings. The summed E-state index contributed by atoms with van der Waals surface area (Å²) in [6.45, 7) is 2.14. The third-order valence-corrected chi connectivity index (χ3v) is 4.27. The van der Waals surface area contributed by atoms with Gasteiger partial charge in [0.25, 0.3) is 0 Å². The topological polar surface area (TPSA) is 26.0 Å². The zero-order chi connectivity index (χ0) is 10.1. The summed E-state index contributed by atoms with van der Waals surface area (Å²) in [4.78, 5) is 1.36. The number of thiophene rings is 1. The van der Waals surface area contributed by atoms with Crippen LogP contribution in [0.1, 0.15) is 12.5 Å². The van der Waals surface area contributed by atoms with Crippen LogP contribution >= 0.6 is 23.1 Å². The fourth-order valence-corrected chi connectivity index (χ4v) is 3.41. The molecule has 1 aromatic heterocycles. The van der Waals surface area contributed by atoms with Crippen LogP contribution in [0.3, 0.4) is 0 Å². The number of nitrogens with two attached hydrogens (primary N) is 1. The first-order valence-corrected chi connectivity index (χ1v) is 6.70. The van der Waals surface area contributed by atoms with E-state index in [0.29, 0.717) is 0 Å². The molecule has 0 fully saturated rings. The summed E-state index contributed by atoms with van der Waals surface area (Å²) in [5.74, 6) is 0. The van der Waals surface area contributed by atoms with Crippen LogP contribution in [-0.2, 0) is 6.42 Å². The average Bonchev–Trinajstić information content (AvgIpc) is 2.58. The van der Waals surface area contributed by atoms with Crippen molar-refractivity contribution in [3.8, 4) is 0 Å². The molecule has 14 heavy (non-hydrogen) atoms. The van der Waals surface area contributed by atoms with Crippen molar-refractivity contribution in [2.75, 3.05) is 12.0 Å². The van der Waals surface area contributed by atoms with E-state index < -0.39 is 0 Å². The van der Waals surface area contributed by atoms with Gasteiger partial charge in [0.2, 0.25) is 0 Å². The first-order chi connectivity index (χ1) is 6.76. The van der Waals surface area contributed by atoms with E-state index in [9.17, 15) is 0 Å². The minimum atomic E-state index is 0.925. The van der Waals surface area contributed by atoms with Gasteiger partial charge in [-0.15, -0.1) is 23.1 Å². The monoisotopic (exact) mass is 223 g/mol. The maximum absolute atomic E-state index is 5.95. The van der Waals surface area contributed by atoms with E-state index in [1.165, 1.54) is 20.5 Å². The van der Waals surface area contributed by atoms with E-state index in [2.05, 4.69) is 30.7 Å². The Morgan fingerprint density at radius 3 is 2.86 bits per heavy atom. The summed E-state index contributed by atoms with van der Waals surface area (Å²) in [6.07, 6.45) is 3.12. The van der Waals surface area contributed by atoms with Crippen molar-refractivity contribution in [1.29, 1.82) is 0 Å². The molecule has 1 aromatic carbocycles. The molecular weight excluding hydrogens is 210 g/mol. The van der Waals surface area contributed by atoms with Gasteiger partial charge in [-0.1, -0.05) is 6.92 Å². The lowest BCUT2D eigenvalue weighted by Gasteiger charge is -2.03. The molecule has 3 heteroatoms. The van der Waals surface area contributed by atoms with Crippen LogP contribution < -0.4 is 5.73 Å². The fourth-order valence-electron chi connectivity index (χ4n) is 1.58. The Bertz CT molecular complexity index is 460. The number of hydrogen-bond acceptors (Lipinski definition) is 3. The van der Waals surface area contributed by atoms with Gasteiger partial charge < -0.3 is 5.73 Å². The maximum atomic E-state index is 5.95. The van der Waals surface area contributed by atoms with Gasteiger partial charge >= 0.3 is 0 Å². The largest absolute Gasteiger partial charge is 0.398 e. The zero-order valence-electron chi connectivity index (χ0n) is 8.33.